The van der Waals surface area contributed by atoms with Gasteiger partial charge >= 0.3 is 0 Å². The molecule has 2 atom stereocenters. The molecule has 0 aliphatic carbocycles. The van der Waals surface area contributed by atoms with E-state index in [2.05, 4.69) is 0 Å². The Kier molecular flexibility index (Phi) is 3.17. The van der Waals surface area contributed by atoms with Crippen molar-refractivity contribution < 1.29 is 4.92 Å². The molecular weight excluding hydrogens is 232 g/mol. The minimum Gasteiger partial charge on any atom is -0.362 e. The number of anilines is 1. The van der Waals surface area contributed by atoms with Crippen LogP contribution in [-0.2, 0) is 0 Å². The first-order valence-electron chi connectivity index (χ1n) is 5.75. The lowest BCUT2D eigenvalue weighted by molar-refractivity contribution is -0.384. The Labute approximate surface area is 105 Å². The van der Waals surface area contributed by atoms with E-state index in [-0.39, 0.29) is 17.8 Å². The van der Waals surface area contributed by atoms with E-state index in [0.717, 1.165) is 6.42 Å². The zero-order chi connectivity index (χ0) is 13.3. The maximum atomic E-state index is 11.1. The Hall–Kier alpha value is -2.13. The highest BCUT2D eigenvalue weighted by Gasteiger charge is 2.32. The zero-order valence-corrected chi connectivity index (χ0v) is 10.0. The quantitative estimate of drug-likeness (QED) is 0.628. The first-order chi connectivity index (χ1) is 8.54. The fraction of sp³-hybridized carbons (Fsp3) is 0.417. The number of benzene rings is 1. The Balaban J connectivity index is 2.45. The summed E-state index contributed by atoms with van der Waals surface area (Å²) in [6.07, 6.45) is 0.818. The normalized spacial score (nSPS) is 22.8. The molecule has 2 N–H and O–H groups in total. The van der Waals surface area contributed by atoms with Gasteiger partial charge in [-0.05, 0) is 25.5 Å². The highest BCUT2D eigenvalue weighted by atomic mass is 16.6. The number of hydrogen-bond acceptors (Lipinski definition) is 5. The number of nitriles is 1. The molecule has 18 heavy (non-hydrogen) atoms. The summed E-state index contributed by atoms with van der Waals surface area (Å²) in [7, 11) is 0. The lowest BCUT2D eigenvalue weighted by Crippen LogP contribution is -2.37. The maximum Gasteiger partial charge on any atom is 0.293 e. The summed E-state index contributed by atoms with van der Waals surface area (Å²) >= 11 is 0. The van der Waals surface area contributed by atoms with E-state index in [4.69, 9.17) is 11.0 Å². The first kappa shape index (κ1) is 12.3. The number of nitrogens with two attached hydrogens (primary N) is 1. The molecule has 1 fully saturated rings. The van der Waals surface area contributed by atoms with E-state index in [1.807, 2.05) is 17.9 Å². The summed E-state index contributed by atoms with van der Waals surface area (Å²) in [5.41, 5.74) is 6.73. The van der Waals surface area contributed by atoms with Crippen molar-refractivity contribution in [3.05, 3.63) is 33.9 Å². The molecule has 0 saturated carbocycles. The highest BCUT2D eigenvalue weighted by Crippen LogP contribution is 2.33. The summed E-state index contributed by atoms with van der Waals surface area (Å²) in [4.78, 5) is 12.6. The summed E-state index contributed by atoms with van der Waals surface area (Å²) in [6, 6.07) is 6.54. The van der Waals surface area contributed by atoms with Crippen molar-refractivity contribution in [2.75, 3.05) is 11.4 Å². The molecule has 6 heteroatoms. The van der Waals surface area contributed by atoms with Crippen molar-refractivity contribution in [2.24, 2.45) is 5.73 Å². The van der Waals surface area contributed by atoms with E-state index in [1.165, 1.54) is 6.07 Å². The standard InChI is InChI=1S/C12H14N4O2/c1-8-10(14)4-5-15(8)11-3-2-9(7-13)6-12(11)16(17)18/h2-3,6,8,10H,4-5,14H2,1H3. The van der Waals surface area contributed by atoms with Crippen molar-refractivity contribution in [1.29, 1.82) is 5.26 Å². The van der Waals surface area contributed by atoms with Gasteiger partial charge < -0.3 is 10.6 Å². The Morgan fingerprint density at radius 3 is 2.83 bits per heavy atom. The number of nitro benzene ring substituents is 1. The maximum absolute atomic E-state index is 11.1. The van der Waals surface area contributed by atoms with Crippen LogP contribution in [0.2, 0.25) is 0 Å². The van der Waals surface area contributed by atoms with Gasteiger partial charge in [0.15, 0.2) is 0 Å². The lowest BCUT2D eigenvalue weighted by atomic mass is 10.1. The monoisotopic (exact) mass is 246 g/mol. The second-order valence-electron chi connectivity index (χ2n) is 4.46. The van der Waals surface area contributed by atoms with E-state index in [0.29, 0.717) is 17.8 Å². The summed E-state index contributed by atoms with van der Waals surface area (Å²) in [6.45, 7) is 2.66. The minimum atomic E-state index is -0.452. The minimum absolute atomic E-state index is 0.0280. The van der Waals surface area contributed by atoms with Gasteiger partial charge in [-0.2, -0.15) is 5.26 Å². The third kappa shape index (κ3) is 2.00. The van der Waals surface area contributed by atoms with Gasteiger partial charge in [0, 0.05) is 24.7 Å². The lowest BCUT2D eigenvalue weighted by Gasteiger charge is -2.25. The molecule has 0 radical (unpaired) electrons. The SMILES string of the molecule is CC1C(N)CCN1c1ccc(C#N)cc1[N+](=O)[O-]. The number of rotatable bonds is 2. The molecule has 94 valence electrons. The predicted octanol–water partition coefficient (Wildman–Crippen LogP) is 1.39. The second-order valence-corrected chi connectivity index (χ2v) is 4.46. The van der Waals surface area contributed by atoms with Crippen LogP contribution < -0.4 is 10.6 Å². The molecule has 6 nitrogen and oxygen atoms in total. The number of nitro groups is 1. The molecule has 0 aromatic heterocycles. The molecule has 1 aliphatic heterocycles. The molecule has 0 bridgehead atoms. The molecule has 1 aromatic carbocycles. The van der Waals surface area contributed by atoms with Crippen LogP contribution in [0.3, 0.4) is 0 Å². The van der Waals surface area contributed by atoms with Crippen molar-refractivity contribution in [1.82, 2.24) is 0 Å². The van der Waals surface area contributed by atoms with Crippen molar-refractivity contribution >= 4 is 11.4 Å². The third-order valence-electron chi connectivity index (χ3n) is 3.43. The van der Waals surface area contributed by atoms with E-state index >= 15 is 0 Å². The van der Waals surface area contributed by atoms with Crippen LogP contribution in [0, 0.1) is 21.4 Å². The average Bonchev–Trinajstić information content (AvgIpc) is 2.69. The fourth-order valence-corrected chi connectivity index (χ4v) is 2.29. The molecule has 1 aromatic rings. The van der Waals surface area contributed by atoms with E-state index in [9.17, 15) is 10.1 Å². The summed E-state index contributed by atoms with van der Waals surface area (Å²) in [5, 5.41) is 19.9. The van der Waals surface area contributed by atoms with Crippen LogP contribution in [0.4, 0.5) is 11.4 Å². The molecule has 0 spiro atoms. The van der Waals surface area contributed by atoms with Gasteiger partial charge in [0.2, 0.25) is 0 Å². The van der Waals surface area contributed by atoms with Gasteiger partial charge in [0.1, 0.15) is 5.69 Å². The van der Waals surface area contributed by atoms with Gasteiger partial charge in [-0.25, -0.2) is 0 Å². The molecule has 2 unspecified atom stereocenters. The first-order valence-corrected chi connectivity index (χ1v) is 5.75. The van der Waals surface area contributed by atoms with Gasteiger partial charge in [-0.1, -0.05) is 0 Å². The van der Waals surface area contributed by atoms with E-state index in [1.54, 1.807) is 12.1 Å². The smallest absolute Gasteiger partial charge is 0.293 e. The Morgan fingerprint density at radius 1 is 1.61 bits per heavy atom. The molecule has 0 amide bonds. The van der Waals surface area contributed by atoms with Crippen LogP contribution in [0.1, 0.15) is 18.9 Å². The molecule has 1 aliphatic rings. The Morgan fingerprint density at radius 2 is 2.33 bits per heavy atom. The highest BCUT2D eigenvalue weighted by molar-refractivity contribution is 5.66. The Bertz CT molecular complexity index is 523. The third-order valence-corrected chi connectivity index (χ3v) is 3.43. The van der Waals surface area contributed by atoms with Gasteiger partial charge in [0.25, 0.3) is 5.69 Å². The number of nitrogens with zero attached hydrogens (tertiary/aromatic N) is 3. The fourth-order valence-electron chi connectivity index (χ4n) is 2.29. The topological polar surface area (TPSA) is 96.2 Å². The number of hydrogen-bond donors (Lipinski definition) is 1. The molecule has 2 rings (SSSR count). The van der Waals surface area contributed by atoms with Gasteiger partial charge in [-0.3, -0.25) is 10.1 Å². The van der Waals surface area contributed by atoms with Gasteiger partial charge in [0.05, 0.1) is 16.6 Å². The van der Waals surface area contributed by atoms with Crippen molar-refractivity contribution in [3.63, 3.8) is 0 Å². The van der Waals surface area contributed by atoms with Gasteiger partial charge in [-0.15, -0.1) is 0 Å². The molecule has 1 heterocycles. The average molecular weight is 246 g/mol. The van der Waals surface area contributed by atoms with Crippen LogP contribution >= 0.6 is 0 Å². The summed E-state index contributed by atoms with van der Waals surface area (Å²) in [5.74, 6) is 0. The predicted molar refractivity (Wildman–Crippen MR) is 67.2 cm³/mol. The van der Waals surface area contributed by atoms with Crippen LogP contribution in [0.25, 0.3) is 0 Å². The van der Waals surface area contributed by atoms with Crippen LogP contribution in [0.15, 0.2) is 18.2 Å². The van der Waals surface area contributed by atoms with Crippen molar-refractivity contribution in [3.8, 4) is 6.07 Å². The second kappa shape index (κ2) is 4.63. The largest absolute Gasteiger partial charge is 0.362 e. The van der Waals surface area contributed by atoms with E-state index < -0.39 is 4.92 Å². The zero-order valence-electron chi connectivity index (χ0n) is 10.0. The van der Waals surface area contributed by atoms with Crippen LogP contribution in [0.5, 0.6) is 0 Å². The molecular formula is C12H14N4O2. The van der Waals surface area contributed by atoms with Crippen LogP contribution in [-0.4, -0.2) is 23.6 Å². The molecule has 1 saturated heterocycles. The summed E-state index contributed by atoms with van der Waals surface area (Å²) < 4.78 is 0. The van der Waals surface area contributed by atoms with Crippen molar-refractivity contribution in [2.45, 2.75) is 25.4 Å².